The maximum absolute atomic E-state index is 14.1. The van der Waals surface area contributed by atoms with Crippen LogP contribution in [0.4, 0.5) is 17.6 Å². The molecule has 8 heteroatoms. The van der Waals surface area contributed by atoms with Gasteiger partial charge in [-0.05, 0) is 31.4 Å². The van der Waals surface area contributed by atoms with Crippen LogP contribution in [0.1, 0.15) is 35.7 Å². The minimum atomic E-state index is -4.61. The lowest BCUT2D eigenvalue weighted by molar-refractivity contribution is -0.184. The highest BCUT2D eigenvalue weighted by Crippen LogP contribution is 2.33. The molecule has 1 aromatic rings. The molecule has 0 radical (unpaired) electrons. The Kier molecular flexibility index (Phi) is 5.15. The zero-order chi connectivity index (χ0) is 18.1. The first-order chi connectivity index (χ1) is 11.1. The number of alkyl halides is 3. The second-order valence-corrected chi connectivity index (χ2v) is 5.93. The molecule has 1 aromatic carbocycles. The van der Waals surface area contributed by atoms with Gasteiger partial charge >= 0.3 is 6.18 Å². The van der Waals surface area contributed by atoms with Gasteiger partial charge in [-0.3, -0.25) is 9.59 Å². The van der Waals surface area contributed by atoms with Crippen LogP contribution in [0.2, 0.25) is 0 Å². The Balaban J connectivity index is 2.34. The molecule has 2 amide bonds. The van der Waals surface area contributed by atoms with Crippen molar-refractivity contribution < 1.29 is 27.2 Å². The summed E-state index contributed by atoms with van der Waals surface area (Å²) in [5.74, 6) is -2.24. The number of piperidine rings is 1. The monoisotopic (exact) mass is 346 g/mol. The smallest absolute Gasteiger partial charge is 0.352 e. The van der Waals surface area contributed by atoms with Crippen LogP contribution in [0.15, 0.2) is 18.2 Å². The maximum Gasteiger partial charge on any atom is 0.408 e. The van der Waals surface area contributed by atoms with Crippen LogP contribution in [0.5, 0.6) is 0 Å². The van der Waals surface area contributed by atoms with E-state index in [4.69, 9.17) is 0 Å². The SMILES string of the molecule is CC(=O)NC1CCC(C(F)(F)F)N(C(=O)c2cccc(C)c2F)C1. The first kappa shape index (κ1) is 18.2. The van der Waals surface area contributed by atoms with Gasteiger partial charge in [0.25, 0.3) is 5.91 Å². The van der Waals surface area contributed by atoms with Crippen molar-refractivity contribution in [2.75, 3.05) is 6.54 Å². The molecule has 2 atom stereocenters. The van der Waals surface area contributed by atoms with E-state index in [0.29, 0.717) is 4.90 Å². The molecular formula is C16H18F4N2O2. The Bertz CT molecular complexity index is 645. The largest absolute Gasteiger partial charge is 0.408 e. The molecule has 1 aliphatic heterocycles. The summed E-state index contributed by atoms with van der Waals surface area (Å²) in [6.45, 7) is 2.38. The lowest BCUT2D eigenvalue weighted by Gasteiger charge is -2.40. The van der Waals surface area contributed by atoms with Crippen molar-refractivity contribution in [2.45, 2.75) is 44.9 Å². The number of aryl methyl sites for hydroxylation is 1. The average Bonchev–Trinajstić information content (AvgIpc) is 2.47. The predicted octanol–water partition coefficient (Wildman–Crippen LogP) is 2.81. The molecule has 24 heavy (non-hydrogen) atoms. The molecule has 0 aromatic heterocycles. The maximum atomic E-state index is 14.1. The number of nitrogens with one attached hydrogen (secondary N) is 1. The fourth-order valence-electron chi connectivity index (χ4n) is 2.91. The Morgan fingerprint density at radius 3 is 2.50 bits per heavy atom. The Morgan fingerprint density at radius 2 is 1.92 bits per heavy atom. The van der Waals surface area contributed by atoms with Crippen LogP contribution in [-0.4, -0.2) is 41.5 Å². The van der Waals surface area contributed by atoms with Gasteiger partial charge in [0.05, 0.1) is 5.56 Å². The lowest BCUT2D eigenvalue weighted by Crippen LogP contribution is -2.58. The second kappa shape index (κ2) is 6.78. The van der Waals surface area contributed by atoms with E-state index in [1.165, 1.54) is 32.0 Å². The molecule has 2 unspecified atom stereocenters. The van der Waals surface area contributed by atoms with Crippen LogP contribution in [-0.2, 0) is 4.79 Å². The zero-order valence-electron chi connectivity index (χ0n) is 13.3. The zero-order valence-corrected chi connectivity index (χ0v) is 13.3. The van der Waals surface area contributed by atoms with E-state index in [2.05, 4.69) is 5.32 Å². The summed E-state index contributed by atoms with van der Waals surface area (Å²) in [6.07, 6.45) is -4.85. The topological polar surface area (TPSA) is 49.4 Å². The molecule has 1 aliphatic rings. The van der Waals surface area contributed by atoms with Crippen molar-refractivity contribution in [3.05, 3.63) is 35.1 Å². The summed E-state index contributed by atoms with van der Waals surface area (Å²) >= 11 is 0. The van der Waals surface area contributed by atoms with Crippen molar-refractivity contribution in [3.8, 4) is 0 Å². The van der Waals surface area contributed by atoms with E-state index in [1.807, 2.05) is 0 Å². The minimum Gasteiger partial charge on any atom is -0.352 e. The van der Waals surface area contributed by atoms with Crippen LogP contribution in [0, 0.1) is 12.7 Å². The third-order valence-electron chi connectivity index (χ3n) is 4.05. The molecule has 1 fully saturated rings. The van der Waals surface area contributed by atoms with Gasteiger partial charge in [-0.25, -0.2) is 4.39 Å². The number of hydrogen-bond donors (Lipinski definition) is 1. The van der Waals surface area contributed by atoms with E-state index in [0.717, 1.165) is 0 Å². The van der Waals surface area contributed by atoms with Crippen LogP contribution >= 0.6 is 0 Å². The minimum absolute atomic E-state index is 0.101. The number of likely N-dealkylation sites (tertiary alicyclic amines) is 1. The van der Waals surface area contributed by atoms with E-state index in [1.54, 1.807) is 0 Å². The van der Waals surface area contributed by atoms with Gasteiger partial charge < -0.3 is 10.2 Å². The van der Waals surface area contributed by atoms with Crippen LogP contribution in [0.25, 0.3) is 0 Å². The highest BCUT2D eigenvalue weighted by atomic mass is 19.4. The van der Waals surface area contributed by atoms with Crippen molar-refractivity contribution in [1.29, 1.82) is 0 Å². The number of nitrogens with zero attached hydrogens (tertiary/aromatic N) is 1. The summed E-state index contributed by atoms with van der Waals surface area (Å²) in [6, 6.07) is 1.45. The first-order valence-corrected chi connectivity index (χ1v) is 7.51. The molecule has 0 spiro atoms. The van der Waals surface area contributed by atoms with Crippen LogP contribution < -0.4 is 5.32 Å². The van der Waals surface area contributed by atoms with Crippen LogP contribution in [0.3, 0.4) is 0 Å². The number of benzene rings is 1. The van der Waals surface area contributed by atoms with Crippen molar-refractivity contribution in [3.63, 3.8) is 0 Å². The normalized spacial score (nSPS) is 21.5. The van der Waals surface area contributed by atoms with Gasteiger partial charge in [-0.2, -0.15) is 13.2 Å². The molecule has 1 heterocycles. The van der Waals surface area contributed by atoms with Gasteiger partial charge in [-0.1, -0.05) is 12.1 Å². The molecule has 132 valence electrons. The van der Waals surface area contributed by atoms with Crippen molar-refractivity contribution >= 4 is 11.8 Å². The fraction of sp³-hybridized carbons (Fsp3) is 0.500. The third kappa shape index (κ3) is 3.85. The molecule has 0 aliphatic carbocycles. The molecule has 2 rings (SSSR count). The summed E-state index contributed by atoms with van der Waals surface area (Å²) < 4.78 is 53.9. The number of amides is 2. The average molecular weight is 346 g/mol. The summed E-state index contributed by atoms with van der Waals surface area (Å²) in [7, 11) is 0. The highest BCUT2D eigenvalue weighted by Gasteiger charge is 2.48. The van der Waals surface area contributed by atoms with Gasteiger partial charge in [0.1, 0.15) is 11.9 Å². The van der Waals surface area contributed by atoms with E-state index < -0.39 is 35.5 Å². The predicted molar refractivity (Wildman–Crippen MR) is 78.9 cm³/mol. The lowest BCUT2D eigenvalue weighted by atomic mass is 9.96. The summed E-state index contributed by atoms with van der Waals surface area (Å²) in [5.41, 5.74) is -0.215. The number of halogens is 4. The quantitative estimate of drug-likeness (QED) is 0.837. The van der Waals surface area contributed by atoms with Gasteiger partial charge in [0.2, 0.25) is 5.91 Å². The van der Waals surface area contributed by atoms with Crippen molar-refractivity contribution in [2.24, 2.45) is 0 Å². The van der Waals surface area contributed by atoms with Gasteiger partial charge in [-0.15, -0.1) is 0 Å². The molecule has 1 N–H and O–H groups in total. The first-order valence-electron chi connectivity index (χ1n) is 7.51. The summed E-state index contributed by atoms with van der Waals surface area (Å²) in [4.78, 5) is 24.3. The molecule has 1 saturated heterocycles. The second-order valence-electron chi connectivity index (χ2n) is 5.93. The highest BCUT2D eigenvalue weighted by molar-refractivity contribution is 5.95. The van der Waals surface area contributed by atoms with E-state index in [-0.39, 0.29) is 30.9 Å². The summed E-state index contributed by atoms with van der Waals surface area (Å²) in [5, 5.41) is 2.52. The number of hydrogen-bond acceptors (Lipinski definition) is 2. The Hall–Kier alpha value is -2.12. The van der Waals surface area contributed by atoms with Gasteiger partial charge in [0.15, 0.2) is 0 Å². The number of carbonyl (C=O) groups excluding carboxylic acids is 2. The molecule has 0 saturated carbocycles. The fourth-order valence-corrected chi connectivity index (χ4v) is 2.91. The number of rotatable bonds is 2. The Labute approximate surface area is 136 Å². The van der Waals surface area contributed by atoms with E-state index in [9.17, 15) is 27.2 Å². The third-order valence-corrected chi connectivity index (χ3v) is 4.05. The van der Waals surface area contributed by atoms with E-state index >= 15 is 0 Å². The van der Waals surface area contributed by atoms with Gasteiger partial charge in [0, 0.05) is 19.5 Å². The molecular weight excluding hydrogens is 328 g/mol. The Morgan fingerprint density at radius 1 is 1.25 bits per heavy atom. The molecule has 4 nitrogen and oxygen atoms in total. The van der Waals surface area contributed by atoms with Crippen molar-refractivity contribution in [1.82, 2.24) is 10.2 Å². The number of carbonyl (C=O) groups is 2. The standard InChI is InChI=1S/C16H18F4N2O2/c1-9-4-3-5-12(14(9)17)15(24)22-8-11(21-10(2)23)6-7-13(22)16(18,19)20/h3-5,11,13H,6-8H2,1-2H3,(H,21,23). The molecule has 0 bridgehead atoms.